The maximum absolute atomic E-state index is 12.0. The Morgan fingerprint density at radius 2 is 1.86 bits per heavy atom. The number of halogens is 1. The molecule has 0 aromatic carbocycles. The van der Waals surface area contributed by atoms with Crippen molar-refractivity contribution in [3.8, 4) is 0 Å². The van der Waals surface area contributed by atoms with E-state index in [2.05, 4.69) is 36.9 Å². The molecule has 18 heteroatoms. The van der Waals surface area contributed by atoms with E-state index in [0.29, 0.717) is 11.3 Å². The van der Waals surface area contributed by atoms with Gasteiger partial charge in [0.25, 0.3) is 7.52 Å². The lowest BCUT2D eigenvalue weighted by Gasteiger charge is -2.59. The third-order valence-electron chi connectivity index (χ3n) is 6.47. The highest BCUT2D eigenvalue weighted by atomic mass is 35.5. The molecule has 3 fully saturated rings. The van der Waals surface area contributed by atoms with Crippen LogP contribution in [0.3, 0.4) is 0 Å². The number of aromatic nitrogens is 4. The minimum Gasteiger partial charge on any atom is -0.387 e. The third-order valence-corrected chi connectivity index (χ3v) is 10.3. The van der Waals surface area contributed by atoms with Gasteiger partial charge in [-0.05, 0) is 18.6 Å². The normalized spacial score (nSPS) is 30.4. The number of aliphatic hydroxyl groups is 2. The molecule has 2 aromatic heterocycles. The number of anilines is 1. The van der Waals surface area contributed by atoms with Crippen LogP contribution in [0.25, 0.3) is 11.2 Å². The fraction of sp³-hybridized carbons (Fsp3) is 0.706. The Morgan fingerprint density at radius 1 is 1.17 bits per heavy atom. The molecule has 5 heterocycles. The standard InChI is InChI=1S/C17H26ClN7O8P2/c1-23-3-17(4-23)5-24(6-17)13-10-14(22-16(18)21-13)25(7-19-10)15-12(27)11(26)9(33-15)2-20-34(28,29)8-35(30,31)32/h7,9,11-12,15,26-27H,2-6,8H2,1H3,(H2,20,28,29)(H2,30,31,32). The van der Waals surface area contributed by atoms with Crippen molar-refractivity contribution in [2.24, 2.45) is 5.41 Å². The second-order valence-corrected chi connectivity index (χ2v) is 14.1. The van der Waals surface area contributed by atoms with Crippen molar-refractivity contribution in [3.05, 3.63) is 11.6 Å². The van der Waals surface area contributed by atoms with Crippen molar-refractivity contribution >= 4 is 43.7 Å². The molecule has 3 aliphatic rings. The number of aliphatic hydroxyl groups excluding tert-OH is 2. The first-order chi connectivity index (χ1) is 16.3. The first-order valence-corrected chi connectivity index (χ1v) is 14.7. The predicted molar refractivity (Wildman–Crippen MR) is 123 cm³/mol. The van der Waals surface area contributed by atoms with Crippen LogP contribution < -0.4 is 9.99 Å². The lowest BCUT2D eigenvalue weighted by molar-refractivity contribution is -0.0331. The summed E-state index contributed by atoms with van der Waals surface area (Å²) in [5, 5.41) is 23.2. The molecule has 0 amide bonds. The van der Waals surface area contributed by atoms with Crippen molar-refractivity contribution < 1.29 is 38.8 Å². The molecule has 6 N–H and O–H groups in total. The molecule has 0 aliphatic carbocycles. The van der Waals surface area contributed by atoms with Gasteiger partial charge in [-0.15, -0.1) is 0 Å². The van der Waals surface area contributed by atoms with Gasteiger partial charge in [0.15, 0.2) is 23.2 Å². The zero-order valence-corrected chi connectivity index (χ0v) is 21.1. The molecule has 0 radical (unpaired) electrons. The molecule has 1 spiro atoms. The highest BCUT2D eigenvalue weighted by Crippen LogP contribution is 2.52. The average Bonchev–Trinajstić information content (AvgIpc) is 3.21. The summed E-state index contributed by atoms with van der Waals surface area (Å²) in [6.45, 7) is 3.17. The lowest BCUT2D eigenvalue weighted by atomic mass is 9.73. The van der Waals surface area contributed by atoms with Gasteiger partial charge in [-0.1, -0.05) is 0 Å². The summed E-state index contributed by atoms with van der Waals surface area (Å²) in [5.74, 6) is -0.712. The Kier molecular flexibility index (Phi) is 6.30. The second-order valence-electron chi connectivity index (χ2n) is 9.58. The van der Waals surface area contributed by atoms with Gasteiger partial charge in [0.1, 0.15) is 24.2 Å². The van der Waals surface area contributed by atoms with Crippen molar-refractivity contribution in [2.75, 3.05) is 50.6 Å². The highest BCUT2D eigenvalue weighted by Gasteiger charge is 2.51. The molecule has 2 aromatic rings. The summed E-state index contributed by atoms with van der Waals surface area (Å²) in [5.41, 5.74) is 0.971. The summed E-state index contributed by atoms with van der Waals surface area (Å²) in [6.07, 6.45) is -3.85. The molecule has 5 unspecified atom stereocenters. The van der Waals surface area contributed by atoms with Gasteiger partial charge < -0.3 is 39.4 Å². The molecule has 3 aliphatic heterocycles. The number of hydrogen-bond donors (Lipinski definition) is 6. The highest BCUT2D eigenvalue weighted by molar-refractivity contribution is 7.71. The fourth-order valence-corrected chi connectivity index (χ4v) is 8.18. The number of imidazole rings is 1. The van der Waals surface area contributed by atoms with E-state index in [-0.39, 0.29) is 16.3 Å². The number of likely N-dealkylation sites (tertiary alicyclic amines) is 1. The number of fused-ring (bicyclic) bond motifs is 1. The van der Waals surface area contributed by atoms with Crippen LogP contribution in [-0.2, 0) is 13.9 Å². The molecule has 3 saturated heterocycles. The quantitative estimate of drug-likeness (QED) is 0.175. The van der Waals surface area contributed by atoms with E-state index in [1.807, 2.05) is 0 Å². The van der Waals surface area contributed by atoms with Crippen LogP contribution >= 0.6 is 26.7 Å². The van der Waals surface area contributed by atoms with Crippen molar-refractivity contribution in [1.82, 2.24) is 29.5 Å². The van der Waals surface area contributed by atoms with Crippen LogP contribution in [-0.4, -0.2) is 113 Å². The van der Waals surface area contributed by atoms with Gasteiger partial charge >= 0.3 is 7.60 Å². The van der Waals surface area contributed by atoms with Crippen LogP contribution in [0.1, 0.15) is 6.23 Å². The lowest BCUT2D eigenvalue weighted by Crippen LogP contribution is -2.71. The Bertz CT molecular complexity index is 1230. The number of nitrogens with one attached hydrogen (secondary N) is 1. The largest absolute Gasteiger partial charge is 0.387 e. The monoisotopic (exact) mass is 553 g/mol. The summed E-state index contributed by atoms with van der Waals surface area (Å²) < 4.78 is 30.2. The average molecular weight is 554 g/mol. The maximum Gasteiger partial charge on any atom is 0.336 e. The summed E-state index contributed by atoms with van der Waals surface area (Å²) in [7, 11) is -7.11. The zero-order valence-electron chi connectivity index (χ0n) is 18.5. The SMILES string of the molecule is CN1CC2(C1)CN(c1nc(Cl)nc3c1ncn3C1OC(CNP(=O)(O)CP(=O)(O)O)C(O)C1O)C2. The van der Waals surface area contributed by atoms with Gasteiger partial charge in [0.05, 0.1) is 6.33 Å². The van der Waals surface area contributed by atoms with Crippen molar-refractivity contribution in [2.45, 2.75) is 24.5 Å². The van der Waals surface area contributed by atoms with Crippen LogP contribution in [0.5, 0.6) is 0 Å². The van der Waals surface area contributed by atoms with Gasteiger partial charge in [-0.3, -0.25) is 13.7 Å². The Hall–Kier alpha value is -1.22. The van der Waals surface area contributed by atoms with Crippen LogP contribution in [0, 0.1) is 5.41 Å². The summed E-state index contributed by atoms with van der Waals surface area (Å²) in [4.78, 5) is 44.9. The summed E-state index contributed by atoms with van der Waals surface area (Å²) >= 11 is 6.19. The minimum atomic E-state index is -4.75. The van der Waals surface area contributed by atoms with Crippen molar-refractivity contribution in [3.63, 3.8) is 0 Å². The molecule has 0 saturated carbocycles. The van der Waals surface area contributed by atoms with Gasteiger partial charge in [-0.25, -0.2) is 10.1 Å². The molecular formula is C17H26ClN7O8P2. The number of nitrogens with zero attached hydrogens (tertiary/aromatic N) is 6. The zero-order chi connectivity index (χ0) is 25.3. The minimum absolute atomic E-state index is 0.0224. The molecule has 15 nitrogen and oxygen atoms in total. The van der Waals surface area contributed by atoms with Crippen LogP contribution in [0.4, 0.5) is 5.82 Å². The second kappa shape index (κ2) is 8.67. The van der Waals surface area contributed by atoms with Gasteiger partial charge in [0, 0.05) is 38.1 Å². The van der Waals surface area contributed by atoms with E-state index in [0.717, 1.165) is 26.2 Å². The maximum atomic E-state index is 12.0. The Morgan fingerprint density at radius 3 is 2.49 bits per heavy atom. The van der Waals surface area contributed by atoms with E-state index >= 15 is 0 Å². The fourth-order valence-electron chi connectivity index (χ4n) is 5.15. The van der Waals surface area contributed by atoms with E-state index in [4.69, 9.17) is 26.1 Å². The van der Waals surface area contributed by atoms with Gasteiger partial charge in [-0.2, -0.15) is 9.97 Å². The smallest absolute Gasteiger partial charge is 0.336 e. The molecule has 194 valence electrons. The predicted octanol–water partition coefficient (Wildman–Crippen LogP) is -1.24. The van der Waals surface area contributed by atoms with E-state index in [9.17, 15) is 24.2 Å². The van der Waals surface area contributed by atoms with Crippen molar-refractivity contribution in [1.29, 1.82) is 0 Å². The van der Waals surface area contributed by atoms with Crippen LogP contribution in [0.2, 0.25) is 5.28 Å². The van der Waals surface area contributed by atoms with E-state index in [1.54, 1.807) is 0 Å². The third kappa shape index (κ3) is 4.88. The number of rotatable bonds is 7. The van der Waals surface area contributed by atoms with E-state index < -0.39 is 52.1 Å². The molecule has 35 heavy (non-hydrogen) atoms. The first kappa shape index (κ1) is 25.4. The Balaban J connectivity index is 1.33. The summed E-state index contributed by atoms with van der Waals surface area (Å²) in [6, 6.07) is 0. The first-order valence-electron chi connectivity index (χ1n) is 10.7. The molecular weight excluding hydrogens is 528 g/mol. The topological polar surface area (TPSA) is 207 Å². The van der Waals surface area contributed by atoms with Crippen LogP contribution in [0.15, 0.2) is 6.33 Å². The Labute approximate surface area is 204 Å². The molecule has 5 rings (SSSR count). The number of hydrogen-bond acceptors (Lipinski definition) is 10. The van der Waals surface area contributed by atoms with E-state index in [1.165, 1.54) is 10.9 Å². The van der Waals surface area contributed by atoms with Gasteiger partial charge in [0.2, 0.25) is 5.28 Å². The molecule has 5 atom stereocenters. The molecule has 0 bridgehead atoms. The number of ether oxygens (including phenoxy) is 1.